The van der Waals surface area contributed by atoms with Crippen LogP contribution < -0.4 is 5.46 Å². The van der Waals surface area contributed by atoms with E-state index >= 15 is 0 Å². The van der Waals surface area contributed by atoms with Gasteiger partial charge in [0.1, 0.15) is 0 Å². The summed E-state index contributed by atoms with van der Waals surface area (Å²) in [7, 11) is 0. The van der Waals surface area contributed by atoms with Gasteiger partial charge in [-0.3, -0.25) is 4.98 Å². The summed E-state index contributed by atoms with van der Waals surface area (Å²) in [6.45, 7) is -4.92. The van der Waals surface area contributed by atoms with Crippen LogP contribution in [0, 0.1) is 0 Å². The summed E-state index contributed by atoms with van der Waals surface area (Å²) in [5.41, 5.74) is -0.0104. The average molecular weight is 202 g/mol. The van der Waals surface area contributed by atoms with Crippen LogP contribution in [-0.2, 0) is 0 Å². The van der Waals surface area contributed by atoms with Crippen LogP contribution in [0.5, 0.6) is 0 Å². The van der Waals surface area contributed by atoms with Gasteiger partial charge in [-0.05, 0) is 11.4 Å². The van der Waals surface area contributed by atoms with E-state index < -0.39 is 12.4 Å². The molecule has 0 aromatic carbocycles. The first-order chi connectivity index (χ1) is 6.07. The Morgan fingerprint density at radius 3 is 2.77 bits per heavy atom. The second-order valence-electron chi connectivity index (χ2n) is 2.65. The first-order valence-corrected chi connectivity index (χ1v) is 4.48. The van der Waals surface area contributed by atoms with E-state index in [9.17, 15) is 12.9 Å². The first-order valence-electron chi connectivity index (χ1n) is 3.60. The summed E-state index contributed by atoms with van der Waals surface area (Å²) >= 11 is 1.27. The third-order valence-corrected chi connectivity index (χ3v) is 2.55. The van der Waals surface area contributed by atoms with Gasteiger partial charge in [-0.15, -0.1) is 11.3 Å². The van der Waals surface area contributed by atoms with Crippen LogP contribution in [0.15, 0.2) is 23.7 Å². The zero-order valence-electron chi connectivity index (χ0n) is 6.38. The molecule has 0 atom stereocenters. The SMILES string of the molecule is F[B-](F)(F)c1cnc2ccsc2c1. The molecule has 0 N–H and O–H groups in total. The minimum absolute atomic E-state index is 0.580. The lowest BCUT2D eigenvalue weighted by Crippen LogP contribution is -2.34. The summed E-state index contributed by atoms with van der Waals surface area (Å²) in [6, 6.07) is 2.85. The van der Waals surface area contributed by atoms with Crippen molar-refractivity contribution < 1.29 is 12.9 Å². The summed E-state index contributed by atoms with van der Waals surface area (Å²) < 4.78 is 37.3. The molecule has 0 spiro atoms. The topological polar surface area (TPSA) is 12.9 Å². The lowest BCUT2D eigenvalue weighted by atomic mass is 9.81. The highest BCUT2D eigenvalue weighted by Crippen LogP contribution is 2.18. The number of nitrogens with zero attached hydrogens (tertiary/aromatic N) is 1. The number of halogens is 3. The van der Waals surface area contributed by atoms with Crippen molar-refractivity contribution >= 4 is 34.0 Å². The van der Waals surface area contributed by atoms with Gasteiger partial charge in [-0.1, -0.05) is 11.5 Å². The molecule has 2 aromatic heterocycles. The third kappa shape index (κ3) is 1.53. The number of pyridine rings is 1. The second-order valence-corrected chi connectivity index (χ2v) is 3.60. The van der Waals surface area contributed by atoms with E-state index in [-0.39, 0.29) is 0 Å². The average Bonchev–Trinajstić information content (AvgIpc) is 2.47. The maximum atomic E-state index is 12.2. The minimum Gasteiger partial charge on any atom is -0.445 e. The highest BCUT2D eigenvalue weighted by Gasteiger charge is 2.26. The van der Waals surface area contributed by atoms with Gasteiger partial charge in [0, 0.05) is 10.9 Å². The molecule has 13 heavy (non-hydrogen) atoms. The van der Waals surface area contributed by atoms with Gasteiger partial charge in [-0.2, -0.15) is 0 Å². The van der Waals surface area contributed by atoms with Crippen molar-refractivity contribution in [1.29, 1.82) is 0 Å². The van der Waals surface area contributed by atoms with E-state index in [2.05, 4.69) is 4.98 Å². The van der Waals surface area contributed by atoms with Crippen LogP contribution in [-0.4, -0.2) is 12.0 Å². The van der Waals surface area contributed by atoms with Crippen molar-refractivity contribution in [2.24, 2.45) is 0 Å². The number of rotatable bonds is 1. The van der Waals surface area contributed by atoms with E-state index in [4.69, 9.17) is 0 Å². The van der Waals surface area contributed by atoms with E-state index in [1.54, 1.807) is 11.4 Å². The molecule has 0 unspecified atom stereocenters. The van der Waals surface area contributed by atoms with E-state index in [1.807, 2.05) is 0 Å². The van der Waals surface area contributed by atoms with Gasteiger partial charge >= 0.3 is 6.98 Å². The summed E-state index contributed by atoms with van der Waals surface area (Å²) in [6.07, 6.45) is 0.884. The smallest absolute Gasteiger partial charge is 0.445 e. The van der Waals surface area contributed by atoms with Gasteiger partial charge < -0.3 is 12.9 Å². The molecule has 2 rings (SSSR count). The Kier molecular flexibility index (Phi) is 1.80. The molecule has 0 bridgehead atoms. The normalized spacial score (nSPS) is 12.2. The van der Waals surface area contributed by atoms with Gasteiger partial charge in [-0.25, -0.2) is 0 Å². The van der Waals surface area contributed by atoms with E-state index in [1.165, 1.54) is 11.3 Å². The van der Waals surface area contributed by atoms with Crippen molar-refractivity contribution in [3.63, 3.8) is 0 Å². The summed E-state index contributed by atoms with van der Waals surface area (Å²) in [5.74, 6) is 0. The molecule has 6 heteroatoms. The highest BCUT2D eigenvalue weighted by atomic mass is 32.1. The molecule has 0 saturated heterocycles. The molecule has 0 radical (unpaired) electrons. The molecule has 0 aliphatic heterocycles. The molecule has 0 aliphatic carbocycles. The Hall–Kier alpha value is -1.04. The summed E-state index contributed by atoms with van der Waals surface area (Å²) in [5, 5.41) is 1.73. The minimum atomic E-state index is -4.92. The van der Waals surface area contributed by atoms with Crippen molar-refractivity contribution in [3.05, 3.63) is 23.7 Å². The van der Waals surface area contributed by atoms with Gasteiger partial charge in [0.2, 0.25) is 0 Å². The Morgan fingerprint density at radius 2 is 2.08 bits per heavy atom. The van der Waals surface area contributed by atoms with Crippen LogP contribution in [0.2, 0.25) is 0 Å². The predicted octanol–water partition coefficient (Wildman–Crippen LogP) is 2.35. The maximum Gasteiger partial charge on any atom is 0.511 e. The van der Waals surface area contributed by atoms with E-state index in [0.29, 0.717) is 10.2 Å². The number of aromatic nitrogens is 1. The lowest BCUT2D eigenvalue weighted by Gasteiger charge is -2.13. The Morgan fingerprint density at radius 1 is 1.31 bits per heavy atom. The van der Waals surface area contributed by atoms with Crippen LogP contribution in [0.25, 0.3) is 10.2 Å². The number of fused-ring (bicyclic) bond motifs is 1. The Balaban J connectivity index is 2.61. The van der Waals surface area contributed by atoms with Gasteiger partial charge in [0.05, 0.1) is 5.52 Å². The first kappa shape index (κ1) is 8.56. The Labute approximate surface area is 76.3 Å². The number of hydrogen-bond donors (Lipinski definition) is 0. The molecule has 0 fully saturated rings. The maximum absolute atomic E-state index is 12.2. The van der Waals surface area contributed by atoms with Crippen molar-refractivity contribution in [1.82, 2.24) is 4.98 Å². The fourth-order valence-corrected chi connectivity index (χ4v) is 1.83. The number of hydrogen-bond acceptors (Lipinski definition) is 2. The predicted molar refractivity (Wildman–Crippen MR) is 48.3 cm³/mol. The summed E-state index contributed by atoms with van der Waals surface area (Å²) in [4.78, 5) is 3.71. The van der Waals surface area contributed by atoms with E-state index in [0.717, 1.165) is 12.3 Å². The number of thiophene rings is 1. The molecule has 2 heterocycles. The molecule has 0 saturated carbocycles. The Bertz CT molecular complexity index is 436. The monoisotopic (exact) mass is 202 g/mol. The zero-order chi connectivity index (χ0) is 9.47. The third-order valence-electron chi connectivity index (χ3n) is 1.70. The molecule has 2 aromatic rings. The fourth-order valence-electron chi connectivity index (χ4n) is 1.04. The fraction of sp³-hybridized carbons (Fsp3) is 0. The van der Waals surface area contributed by atoms with Crippen LogP contribution in [0.1, 0.15) is 0 Å². The van der Waals surface area contributed by atoms with Crippen molar-refractivity contribution in [2.45, 2.75) is 0 Å². The molecular formula is C7H4BF3NS-. The zero-order valence-corrected chi connectivity index (χ0v) is 7.19. The molecule has 0 aliphatic rings. The van der Waals surface area contributed by atoms with Crippen molar-refractivity contribution in [3.8, 4) is 0 Å². The van der Waals surface area contributed by atoms with Crippen molar-refractivity contribution in [2.75, 3.05) is 0 Å². The standard InChI is InChI=1S/C7H4BF3NS/c9-8(10,11)5-3-7-6(12-4-5)1-2-13-7/h1-4H/q-1. The van der Waals surface area contributed by atoms with Gasteiger partial charge in [0.15, 0.2) is 0 Å². The molecule has 68 valence electrons. The lowest BCUT2D eigenvalue weighted by molar-refractivity contribution is 0.501. The molecule has 0 amide bonds. The molecule has 1 nitrogen and oxygen atoms in total. The highest BCUT2D eigenvalue weighted by molar-refractivity contribution is 7.17. The largest absolute Gasteiger partial charge is 0.511 e. The van der Waals surface area contributed by atoms with Gasteiger partial charge in [0.25, 0.3) is 0 Å². The quantitative estimate of drug-likeness (QED) is 0.646. The second kappa shape index (κ2) is 2.73. The van der Waals surface area contributed by atoms with Crippen LogP contribution >= 0.6 is 11.3 Å². The molecular weight excluding hydrogens is 198 g/mol. The van der Waals surface area contributed by atoms with Crippen LogP contribution in [0.4, 0.5) is 12.9 Å². The van der Waals surface area contributed by atoms with Crippen LogP contribution in [0.3, 0.4) is 0 Å².